The van der Waals surface area contributed by atoms with Crippen LogP contribution < -0.4 is 0 Å². The molecule has 0 aliphatic carbocycles. The third kappa shape index (κ3) is 15.7. The number of rotatable bonds is 12. The van der Waals surface area contributed by atoms with Crippen molar-refractivity contribution in [3.8, 4) is 11.5 Å². The Morgan fingerprint density at radius 1 is 0.795 bits per heavy atom. The maximum Gasteiger partial charge on any atom is 0.503 e. The Bertz CT molecular complexity index is 1040. The van der Waals surface area contributed by atoms with Crippen molar-refractivity contribution in [2.75, 3.05) is 39.2 Å². The number of hydrogen-bond donors (Lipinski definition) is 4. The Balaban J connectivity index is 0.00000269. The number of aryl methyl sites for hydroxylation is 4. The fourth-order valence-electron chi connectivity index (χ4n) is 4.22. The smallest absolute Gasteiger partial charge is 0.503 e. The average molecular weight is 605 g/mol. The van der Waals surface area contributed by atoms with Crippen LogP contribution in [0.25, 0.3) is 0 Å². The molecule has 2 aromatic rings. The van der Waals surface area contributed by atoms with E-state index >= 15 is 0 Å². The zero-order chi connectivity index (χ0) is 28.9. The van der Waals surface area contributed by atoms with Crippen LogP contribution in [0.3, 0.4) is 0 Å². The van der Waals surface area contributed by atoms with E-state index < -0.39 is 13.4 Å². The average Bonchev–Trinajstić information content (AvgIpc) is 2.78. The molecule has 9 heteroatoms. The van der Waals surface area contributed by atoms with Crippen molar-refractivity contribution in [2.24, 2.45) is 15.9 Å². The molecule has 0 aliphatic heterocycles. The minimum Gasteiger partial charge on any atom is -0.507 e. The normalized spacial score (nSPS) is 12.2. The standard InChI is InChI=1S/C29H43N2O2P.CH2O3.Co/c1-21-13-23(3)28(32)26(15-21)19-30-17-25(11-9-8-10-12-34(5,6)7)18-31-20-27-16-22(2)14-24(4)29(27)33;2-1(3)4;/h13-16,19-20,25H,8-12,17-18H2,1-7H3,(H-,30,31,32,33);(H2,2,3,4);/p+1. The van der Waals surface area contributed by atoms with Gasteiger partial charge in [0, 0.05) is 80.7 Å². The van der Waals surface area contributed by atoms with Gasteiger partial charge in [0.15, 0.2) is 0 Å². The molecule has 0 saturated heterocycles. The van der Waals surface area contributed by atoms with Crippen LogP contribution in [0.1, 0.15) is 59.1 Å². The molecule has 219 valence electrons. The molecule has 0 aromatic heterocycles. The Hall–Kier alpha value is -2.41. The van der Waals surface area contributed by atoms with Crippen LogP contribution in [0.5, 0.6) is 11.5 Å². The van der Waals surface area contributed by atoms with E-state index in [4.69, 9.17) is 25.0 Å². The van der Waals surface area contributed by atoms with Gasteiger partial charge in [-0.05, 0) is 87.3 Å². The second kappa shape index (κ2) is 18.0. The van der Waals surface area contributed by atoms with Gasteiger partial charge < -0.3 is 20.4 Å². The van der Waals surface area contributed by atoms with Crippen LogP contribution in [0.4, 0.5) is 4.79 Å². The number of unbranched alkanes of at least 4 members (excludes halogenated alkanes) is 2. The number of hydrogen-bond acceptors (Lipinski definition) is 5. The van der Waals surface area contributed by atoms with Crippen molar-refractivity contribution in [2.45, 2.75) is 53.4 Å². The van der Waals surface area contributed by atoms with Crippen LogP contribution in [-0.4, -0.2) is 78.3 Å². The third-order valence-corrected chi connectivity index (χ3v) is 7.74. The molecule has 0 bridgehead atoms. The molecular weight excluding hydrogens is 558 g/mol. The summed E-state index contributed by atoms with van der Waals surface area (Å²) < 4.78 is 0. The van der Waals surface area contributed by atoms with Crippen molar-refractivity contribution >= 4 is 25.8 Å². The first kappa shape index (κ1) is 36.6. The summed E-state index contributed by atoms with van der Waals surface area (Å²) in [5.41, 5.74) is 5.53. The zero-order valence-corrected chi connectivity index (χ0v) is 26.3. The van der Waals surface area contributed by atoms with Gasteiger partial charge in [-0.1, -0.05) is 18.6 Å². The number of carbonyl (C=O) groups is 1. The molecule has 0 spiro atoms. The topological polar surface area (TPSA) is 123 Å². The monoisotopic (exact) mass is 604 g/mol. The van der Waals surface area contributed by atoms with Gasteiger partial charge in [0.25, 0.3) is 0 Å². The Morgan fingerprint density at radius 2 is 1.21 bits per heavy atom. The summed E-state index contributed by atoms with van der Waals surface area (Å²) in [6, 6.07) is 7.90. The van der Waals surface area contributed by atoms with E-state index in [0.717, 1.165) is 39.8 Å². The summed E-state index contributed by atoms with van der Waals surface area (Å²) in [5.74, 6) is 0.942. The molecule has 0 unspecified atom stereocenters. The van der Waals surface area contributed by atoms with Gasteiger partial charge in [-0.3, -0.25) is 9.98 Å². The van der Waals surface area contributed by atoms with Gasteiger partial charge in [-0.25, -0.2) is 4.79 Å². The van der Waals surface area contributed by atoms with E-state index in [-0.39, 0.29) is 16.8 Å². The number of phenolic OH excluding ortho intramolecular Hbond substituents is 2. The molecule has 2 rings (SSSR count). The molecule has 7 nitrogen and oxygen atoms in total. The van der Waals surface area contributed by atoms with E-state index in [9.17, 15) is 10.2 Å². The first-order valence-corrected chi connectivity index (χ1v) is 16.3. The van der Waals surface area contributed by atoms with E-state index in [2.05, 4.69) is 20.0 Å². The van der Waals surface area contributed by atoms with Crippen molar-refractivity contribution in [1.82, 2.24) is 0 Å². The zero-order valence-electron chi connectivity index (χ0n) is 24.4. The number of nitrogens with zero attached hydrogens (tertiary/aromatic N) is 2. The largest absolute Gasteiger partial charge is 0.507 e. The second-order valence-electron chi connectivity index (χ2n) is 11.0. The molecule has 0 saturated carbocycles. The molecule has 0 atom stereocenters. The minimum absolute atomic E-state index is 0. The summed E-state index contributed by atoms with van der Waals surface area (Å²) in [7, 11) is -0.703. The Labute approximate surface area is 245 Å². The molecule has 1 radical (unpaired) electrons. The van der Waals surface area contributed by atoms with E-state index in [0.29, 0.717) is 30.5 Å². The fraction of sp³-hybridized carbons (Fsp3) is 0.500. The molecule has 0 fully saturated rings. The molecule has 0 heterocycles. The van der Waals surface area contributed by atoms with Crippen molar-refractivity contribution in [1.29, 1.82) is 0 Å². The molecular formula is C30H46CoN2O5P+. The van der Waals surface area contributed by atoms with Gasteiger partial charge in [0.05, 0.1) is 6.16 Å². The van der Waals surface area contributed by atoms with Gasteiger partial charge in [-0.15, -0.1) is 0 Å². The van der Waals surface area contributed by atoms with Crippen LogP contribution in [0, 0.1) is 33.6 Å². The summed E-state index contributed by atoms with van der Waals surface area (Å²) in [6.45, 7) is 16.5. The number of aromatic hydroxyl groups is 2. The molecule has 0 aliphatic rings. The first-order chi connectivity index (χ1) is 17.7. The quantitative estimate of drug-likeness (QED) is 0.116. The van der Waals surface area contributed by atoms with Gasteiger partial charge >= 0.3 is 6.16 Å². The maximum atomic E-state index is 10.4. The van der Waals surface area contributed by atoms with Crippen molar-refractivity contribution in [3.63, 3.8) is 0 Å². The Kier molecular flexibility index (Phi) is 16.9. The van der Waals surface area contributed by atoms with Crippen LogP contribution in [-0.2, 0) is 16.8 Å². The third-order valence-electron chi connectivity index (χ3n) is 6.08. The number of carboxylic acid groups (broad SMARTS) is 2. The Morgan fingerprint density at radius 3 is 1.59 bits per heavy atom. The van der Waals surface area contributed by atoms with Crippen LogP contribution in [0.15, 0.2) is 34.3 Å². The number of benzene rings is 2. The van der Waals surface area contributed by atoms with E-state index in [1.165, 1.54) is 25.4 Å². The minimum atomic E-state index is -1.83. The predicted molar refractivity (Wildman–Crippen MR) is 162 cm³/mol. The molecule has 2 aromatic carbocycles. The van der Waals surface area contributed by atoms with Crippen molar-refractivity contribution < 1.29 is 42.0 Å². The second-order valence-corrected chi connectivity index (χ2v) is 16.1. The first-order valence-electron chi connectivity index (χ1n) is 13.0. The predicted octanol–water partition coefficient (Wildman–Crippen LogP) is 7.17. The summed E-state index contributed by atoms with van der Waals surface area (Å²) >= 11 is 0. The van der Waals surface area contributed by atoms with Gasteiger partial charge in [-0.2, -0.15) is 0 Å². The molecule has 4 N–H and O–H groups in total. The summed E-state index contributed by atoms with van der Waals surface area (Å²) in [4.78, 5) is 17.9. The van der Waals surface area contributed by atoms with E-state index in [1.807, 2.05) is 52.0 Å². The SMILES string of the molecule is Cc1cc(C)c(O)c(C=NCC(CCCCC[P+](C)(C)C)CN=Cc2cc(C)cc(C)c2O)c1.O=C(O)O.[Co]. The van der Waals surface area contributed by atoms with E-state index in [1.54, 1.807) is 12.4 Å². The van der Waals surface area contributed by atoms with Crippen molar-refractivity contribution in [3.05, 3.63) is 57.6 Å². The maximum absolute atomic E-state index is 10.4. The molecule has 0 amide bonds. The fourth-order valence-corrected chi connectivity index (χ4v) is 5.39. The molecule has 39 heavy (non-hydrogen) atoms. The number of aliphatic imine (C=N–C) groups is 2. The summed E-state index contributed by atoms with van der Waals surface area (Å²) in [5, 5.41) is 34.7. The van der Waals surface area contributed by atoms with Gasteiger partial charge in [0.2, 0.25) is 0 Å². The summed E-state index contributed by atoms with van der Waals surface area (Å²) in [6.07, 6.45) is 7.91. The van der Waals surface area contributed by atoms with Gasteiger partial charge in [0.1, 0.15) is 11.5 Å². The number of phenols is 2. The van der Waals surface area contributed by atoms with Crippen LogP contribution in [0.2, 0.25) is 0 Å². The van der Waals surface area contributed by atoms with Crippen LogP contribution >= 0.6 is 7.26 Å².